The van der Waals surface area contributed by atoms with E-state index in [0.717, 1.165) is 22.0 Å². The molecule has 160 valence electrons. The van der Waals surface area contributed by atoms with Crippen LogP contribution in [0.2, 0.25) is 0 Å². The highest BCUT2D eigenvalue weighted by Gasteiger charge is 2.61. The zero-order valence-corrected chi connectivity index (χ0v) is 16.9. The van der Waals surface area contributed by atoms with E-state index in [4.69, 9.17) is 10.7 Å². The molecule has 0 amide bonds. The lowest BCUT2D eigenvalue weighted by molar-refractivity contribution is -0.181. The number of fused-ring (bicyclic) bond motifs is 5. The second-order valence-corrected chi connectivity index (χ2v) is 9.05. The highest BCUT2D eigenvalue weighted by atomic mass is 19.4. The molecule has 2 aliphatic heterocycles. The Morgan fingerprint density at radius 1 is 1.09 bits per heavy atom. The van der Waals surface area contributed by atoms with Crippen molar-refractivity contribution in [1.29, 1.82) is 0 Å². The fraction of sp³-hybridized carbons (Fsp3) is 0.261. The summed E-state index contributed by atoms with van der Waals surface area (Å²) in [6.45, 7) is 1.92. The van der Waals surface area contributed by atoms with E-state index < -0.39 is 17.8 Å². The molecule has 1 aliphatic carbocycles. The van der Waals surface area contributed by atoms with Crippen molar-refractivity contribution in [2.24, 2.45) is 5.73 Å². The maximum absolute atomic E-state index is 14.5. The SMILES string of the molecule is C[C@]1(N)CN2C3=C1C3c1cccc3ccc(nc13)-c1nnc3ccc(cn13)[C@@H]2C(F)(F)F. The van der Waals surface area contributed by atoms with Gasteiger partial charge < -0.3 is 10.6 Å². The zero-order chi connectivity index (χ0) is 22.0. The van der Waals surface area contributed by atoms with Gasteiger partial charge in [0.1, 0.15) is 5.69 Å². The Morgan fingerprint density at radius 3 is 2.75 bits per heavy atom. The summed E-state index contributed by atoms with van der Waals surface area (Å²) in [4.78, 5) is 6.32. The van der Waals surface area contributed by atoms with Gasteiger partial charge in [-0.25, -0.2) is 4.98 Å². The number of nitrogens with two attached hydrogens (primary N) is 1. The number of hydrogen-bond donors (Lipinski definition) is 1. The first-order chi connectivity index (χ1) is 15.2. The number of rotatable bonds is 0. The largest absolute Gasteiger partial charge is 0.413 e. The van der Waals surface area contributed by atoms with Crippen LogP contribution in [0.1, 0.15) is 30.0 Å². The molecule has 0 saturated carbocycles. The number of hydrogen-bond acceptors (Lipinski definition) is 5. The van der Waals surface area contributed by atoms with Gasteiger partial charge in [-0.05, 0) is 30.2 Å². The molecule has 32 heavy (non-hydrogen) atoms. The number of aromatic nitrogens is 4. The van der Waals surface area contributed by atoms with Crippen molar-refractivity contribution in [2.45, 2.75) is 30.6 Å². The quantitative estimate of drug-likeness (QED) is 0.454. The molecule has 6 nitrogen and oxygen atoms in total. The second-order valence-electron chi connectivity index (χ2n) is 9.05. The standard InChI is InChI=1S/C23H17F3N6/c1-22(27)10-32-19-16(17(19)22)13-4-2-3-11-5-7-14(28-18(11)13)21-30-29-15-8-6-12(9-31(15)21)20(32)23(24,25)26/h2-9,16,20H,10,27H2,1H3/t16?,20-,22+/m1/s1. The number of benzene rings is 1. The number of pyridine rings is 2. The van der Waals surface area contributed by atoms with Crippen molar-refractivity contribution >= 4 is 16.6 Å². The summed E-state index contributed by atoms with van der Waals surface area (Å²) in [5.41, 5.74) is 10.0. The maximum Gasteiger partial charge on any atom is 0.413 e. The minimum atomic E-state index is -4.49. The van der Waals surface area contributed by atoms with Gasteiger partial charge in [-0.1, -0.05) is 30.3 Å². The van der Waals surface area contributed by atoms with Crippen LogP contribution in [-0.4, -0.2) is 42.7 Å². The van der Waals surface area contributed by atoms with E-state index in [1.54, 1.807) is 10.5 Å². The van der Waals surface area contributed by atoms with Crippen LogP contribution in [0.5, 0.6) is 0 Å². The first-order valence-corrected chi connectivity index (χ1v) is 10.4. The molecule has 0 fully saturated rings. The Balaban J connectivity index is 1.59. The maximum atomic E-state index is 14.5. The third kappa shape index (κ3) is 2.21. The lowest BCUT2D eigenvalue weighted by Crippen LogP contribution is -2.48. The number of alkyl halides is 3. The van der Waals surface area contributed by atoms with Crippen LogP contribution in [0.3, 0.4) is 0 Å². The summed E-state index contributed by atoms with van der Waals surface area (Å²) in [5.74, 6) is 0.146. The van der Waals surface area contributed by atoms with Crippen molar-refractivity contribution in [1.82, 2.24) is 24.5 Å². The monoisotopic (exact) mass is 434 g/mol. The molecule has 1 aromatic carbocycles. The summed E-state index contributed by atoms with van der Waals surface area (Å²) < 4.78 is 45.2. The molecule has 2 N–H and O–H groups in total. The molecule has 0 radical (unpaired) electrons. The summed E-state index contributed by atoms with van der Waals surface area (Å²) in [7, 11) is 0. The van der Waals surface area contributed by atoms with Crippen LogP contribution < -0.4 is 5.73 Å². The van der Waals surface area contributed by atoms with Crippen molar-refractivity contribution in [3.05, 3.63) is 71.1 Å². The molecular formula is C23H17F3N6. The highest BCUT2D eigenvalue weighted by molar-refractivity contribution is 5.87. The van der Waals surface area contributed by atoms with Gasteiger partial charge in [0, 0.05) is 29.4 Å². The average molecular weight is 434 g/mol. The van der Waals surface area contributed by atoms with E-state index in [0.29, 0.717) is 22.9 Å². The van der Waals surface area contributed by atoms with Gasteiger partial charge in [0.25, 0.3) is 0 Å². The Bertz CT molecular complexity index is 1500. The number of piperidine rings is 1. The number of halogens is 3. The fourth-order valence-corrected chi connectivity index (χ4v) is 5.53. The Kier molecular flexibility index (Phi) is 3.10. The predicted octanol–water partition coefficient (Wildman–Crippen LogP) is 3.95. The smallest absolute Gasteiger partial charge is 0.357 e. The molecule has 3 atom stereocenters. The van der Waals surface area contributed by atoms with Crippen LogP contribution in [0, 0.1) is 0 Å². The van der Waals surface area contributed by atoms with E-state index in [1.807, 2.05) is 37.3 Å². The fourth-order valence-electron chi connectivity index (χ4n) is 5.53. The van der Waals surface area contributed by atoms with E-state index in [9.17, 15) is 13.2 Å². The summed E-state index contributed by atoms with van der Waals surface area (Å²) >= 11 is 0. The van der Waals surface area contributed by atoms with E-state index in [2.05, 4.69) is 10.2 Å². The topological polar surface area (TPSA) is 72.3 Å². The van der Waals surface area contributed by atoms with Crippen LogP contribution in [0.25, 0.3) is 28.1 Å². The third-order valence-electron chi connectivity index (χ3n) is 6.83. The van der Waals surface area contributed by atoms with Crippen LogP contribution >= 0.6 is 0 Å². The van der Waals surface area contributed by atoms with E-state index >= 15 is 0 Å². The summed E-state index contributed by atoms with van der Waals surface area (Å²) in [6, 6.07) is 10.8. The highest BCUT2D eigenvalue weighted by Crippen LogP contribution is 2.62. The van der Waals surface area contributed by atoms with Crippen LogP contribution in [0.4, 0.5) is 13.2 Å². The van der Waals surface area contributed by atoms with Crippen molar-refractivity contribution in [2.75, 3.05) is 6.54 Å². The van der Waals surface area contributed by atoms with E-state index in [-0.39, 0.29) is 18.0 Å². The molecule has 5 heterocycles. The molecule has 3 aliphatic rings. The lowest BCUT2D eigenvalue weighted by atomic mass is 9.90. The molecular weight excluding hydrogens is 417 g/mol. The van der Waals surface area contributed by atoms with Gasteiger partial charge in [-0.2, -0.15) is 13.2 Å². The lowest BCUT2D eigenvalue weighted by Gasteiger charge is -2.38. The van der Waals surface area contributed by atoms with Crippen molar-refractivity contribution < 1.29 is 13.2 Å². The average Bonchev–Trinajstić information content (AvgIpc) is 3.26. The first-order valence-electron chi connectivity index (χ1n) is 10.4. The Labute approximate surface area is 180 Å². The molecule has 1 unspecified atom stereocenters. The molecule has 7 rings (SSSR count). The Hall–Kier alpha value is -3.46. The van der Waals surface area contributed by atoms with Gasteiger partial charge in [0.2, 0.25) is 0 Å². The third-order valence-corrected chi connectivity index (χ3v) is 6.83. The first kappa shape index (κ1) is 18.1. The normalized spacial score (nSPS) is 26.1. The van der Waals surface area contributed by atoms with Crippen molar-refractivity contribution in [3.8, 4) is 11.5 Å². The molecule has 4 aromatic rings. The number of nitrogens with zero attached hydrogens (tertiary/aromatic N) is 5. The zero-order valence-electron chi connectivity index (χ0n) is 16.9. The molecule has 4 bridgehead atoms. The van der Waals surface area contributed by atoms with Gasteiger partial charge >= 0.3 is 6.18 Å². The van der Waals surface area contributed by atoms with Gasteiger partial charge in [-0.15, -0.1) is 10.2 Å². The van der Waals surface area contributed by atoms with Gasteiger partial charge in [0.05, 0.1) is 17.0 Å². The second kappa shape index (κ2) is 5.47. The van der Waals surface area contributed by atoms with E-state index in [1.165, 1.54) is 17.2 Å². The molecule has 9 heteroatoms. The Morgan fingerprint density at radius 2 is 1.94 bits per heavy atom. The van der Waals surface area contributed by atoms with Crippen LogP contribution in [0.15, 0.2) is 59.9 Å². The molecule has 3 aromatic heterocycles. The predicted molar refractivity (Wildman–Crippen MR) is 112 cm³/mol. The van der Waals surface area contributed by atoms with Gasteiger partial charge in [-0.3, -0.25) is 4.40 Å². The summed E-state index contributed by atoms with van der Waals surface area (Å²) in [6.07, 6.45) is -3.01. The molecule has 0 saturated heterocycles. The summed E-state index contributed by atoms with van der Waals surface area (Å²) in [5, 5.41) is 9.30. The van der Waals surface area contributed by atoms with Crippen LogP contribution in [-0.2, 0) is 0 Å². The minimum absolute atomic E-state index is 0.106. The van der Waals surface area contributed by atoms with Crippen molar-refractivity contribution in [3.63, 3.8) is 0 Å². The molecule has 0 spiro atoms. The minimum Gasteiger partial charge on any atom is -0.357 e. The number of para-hydroxylation sites is 1. The van der Waals surface area contributed by atoms with Gasteiger partial charge in [0.15, 0.2) is 17.5 Å². The number of allylic oxidation sites excluding steroid dienone is 1.